The number of carbonyl (C=O) groups excluding carboxylic acids is 1. The Hall–Kier alpha value is -2.82. The van der Waals surface area contributed by atoms with Crippen LogP contribution in [-0.4, -0.2) is 23.6 Å². The second-order valence-electron chi connectivity index (χ2n) is 6.54. The van der Waals surface area contributed by atoms with Crippen LogP contribution >= 0.6 is 0 Å². The van der Waals surface area contributed by atoms with Crippen LogP contribution in [0.25, 0.3) is 11.1 Å². The maximum absolute atomic E-state index is 11.8. The number of primary amides is 1. The minimum Gasteiger partial charge on any atom is -0.494 e. The predicted octanol–water partition coefficient (Wildman–Crippen LogP) is 4.89. The molecule has 0 aliphatic carbocycles. The molecule has 0 spiro atoms. The van der Waals surface area contributed by atoms with Crippen molar-refractivity contribution in [2.75, 3.05) is 6.61 Å². The van der Waals surface area contributed by atoms with Gasteiger partial charge in [-0.1, -0.05) is 63.3 Å². The minimum atomic E-state index is -1.18. The summed E-state index contributed by atoms with van der Waals surface area (Å²) in [5, 5.41) is 9.29. The zero-order chi connectivity index (χ0) is 19.6. The van der Waals surface area contributed by atoms with Gasteiger partial charge in [-0.2, -0.15) is 0 Å². The molecule has 2 aromatic rings. The maximum atomic E-state index is 11.8. The van der Waals surface area contributed by atoms with Crippen molar-refractivity contribution < 1.29 is 19.4 Å². The van der Waals surface area contributed by atoms with Gasteiger partial charge < -0.3 is 15.6 Å². The molecule has 0 aliphatic rings. The van der Waals surface area contributed by atoms with Crippen molar-refractivity contribution in [2.45, 2.75) is 45.4 Å². The van der Waals surface area contributed by atoms with Gasteiger partial charge in [-0.3, -0.25) is 4.79 Å². The number of rotatable bonds is 11. The molecular weight excluding hydrogens is 342 g/mol. The summed E-state index contributed by atoms with van der Waals surface area (Å²) in [4.78, 5) is 23.2. The number of carboxylic acids is 1. The van der Waals surface area contributed by atoms with Gasteiger partial charge in [0.05, 0.1) is 17.7 Å². The van der Waals surface area contributed by atoms with Crippen molar-refractivity contribution in [2.24, 2.45) is 5.73 Å². The van der Waals surface area contributed by atoms with Crippen LogP contribution in [0.15, 0.2) is 42.5 Å². The van der Waals surface area contributed by atoms with Gasteiger partial charge in [-0.25, -0.2) is 4.79 Å². The van der Waals surface area contributed by atoms with Crippen LogP contribution in [0, 0.1) is 0 Å². The molecule has 0 unspecified atom stereocenters. The lowest BCUT2D eigenvalue weighted by molar-refractivity contribution is 0.0692. The fraction of sp³-hybridized carbons (Fsp3) is 0.364. The average molecular weight is 369 g/mol. The molecule has 0 bridgehead atoms. The number of unbranched alkanes of at least 4 members (excludes halogenated alkanes) is 5. The Bertz CT molecular complexity index is 768. The molecule has 5 heteroatoms. The molecule has 5 nitrogen and oxygen atoms in total. The molecule has 27 heavy (non-hydrogen) atoms. The highest BCUT2D eigenvalue weighted by molar-refractivity contribution is 6.08. The fourth-order valence-electron chi connectivity index (χ4n) is 3.04. The van der Waals surface area contributed by atoms with E-state index in [0.717, 1.165) is 17.7 Å². The zero-order valence-corrected chi connectivity index (χ0v) is 15.7. The second-order valence-corrected chi connectivity index (χ2v) is 6.54. The van der Waals surface area contributed by atoms with Crippen molar-refractivity contribution in [1.82, 2.24) is 0 Å². The Labute approximate surface area is 160 Å². The van der Waals surface area contributed by atoms with Gasteiger partial charge in [0.1, 0.15) is 5.75 Å². The van der Waals surface area contributed by atoms with E-state index in [0.29, 0.717) is 12.2 Å². The van der Waals surface area contributed by atoms with E-state index in [1.54, 1.807) is 12.1 Å². The Morgan fingerprint density at radius 3 is 2.26 bits per heavy atom. The zero-order valence-electron chi connectivity index (χ0n) is 15.7. The molecule has 0 saturated heterocycles. The number of carboxylic acid groups (broad SMARTS) is 1. The van der Waals surface area contributed by atoms with E-state index in [2.05, 4.69) is 6.92 Å². The van der Waals surface area contributed by atoms with Gasteiger partial charge in [-0.05, 0) is 35.7 Å². The number of nitrogens with two attached hydrogens (primary N) is 1. The molecule has 3 N–H and O–H groups in total. The third kappa shape index (κ3) is 5.84. The van der Waals surface area contributed by atoms with E-state index in [1.165, 1.54) is 38.2 Å². The van der Waals surface area contributed by atoms with Gasteiger partial charge >= 0.3 is 5.97 Å². The van der Waals surface area contributed by atoms with Crippen molar-refractivity contribution in [3.05, 3.63) is 53.6 Å². The maximum Gasteiger partial charge on any atom is 0.336 e. The Kier molecular flexibility index (Phi) is 7.86. The normalized spacial score (nSPS) is 10.6. The molecule has 1 amide bonds. The van der Waals surface area contributed by atoms with E-state index in [-0.39, 0.29) is 11.1 Å². The van der Waals surface area contributed by atoms with Crippen molar-refractivity contribution in [1.29, 1.82) is 0 Å². The Balaban J connectivity index is 2.02. The van der Waals surface area contributed by atoms with Crippen LogP contribution in [0.5, 0.6) is 5.75 Å². The highest BCUT2D eigenvalue weighted by Crippen LogP contribution is 2.28. The van der Waals surface area contributed by atoms with Crippen molar-refractivity contribution in [3.63, 3.8) is 0 Å². The lowest BCUT2D eigenvalue weighted by Crippen LogP contribution is -2.17. The van der Waals surface area contributed by atoms with Crippen LogP contribution in [0.1, 0.15) is 66.2 Å². The molecule has 0 heterocycles. The first-order valence-electron chi connectivity index (χ1n) is 9.44. The smallest absolute Gasteiger partial charge is 0.336 e. The van der Waals surface area contributed by atoms with E-state index < -0.39 is 11.9 Å². The summed E-state index contributed by atoms with van der Waals surface area (Å²) >= 11 is 0. The summed E-state index contributed by atoms with van der Waals surface area (Å²) in [5.74, 6) is -1.18. The van der Waals surface area contributed by atoms with Gasteiger partial charge in [0.2, 0.25) is 5.91 Å². The van der Waals surface area contributed by atoms with E-state index in [9.17, 15) is 14.7 Å². The molecular formula is C22H27NO4. The minimum absolute atomic E-state index is 0.0192. The number of benzene rings is 2. The third-order valence-electron chi connectivity index (χ3n) is 4.47. The third-order valence-corrected chi connectivity index (χ3v) is 4.47. The van der Waals surface area contributed by atoms with Crippen LogP contribution in [0.2, 0.25) is 0 Å². The monoisotopic (exact) mass is 369 g/mol. The first-order valence-corrected chi connectivity index (χ1v) is 9.44. The van der Waals surface area contributed by atoms with Crippen LogP contribution < -0.4 is 10.5 Å². The summed E-state index contributed by atoms with van der Waals surface area (Å²) in [6.07, 6.45) is 7.25. The Morgan fingerprint density at radius 1 is 0.963 bits per heavy atom. The van der Waals surface area contributed by atoms with Crippen molar-refractivity contribution >= 4 is 11.9 Å². The lowest BCUT2D eigenvalue weighted by Gasteiger charge is -2.11. The van der Waals surface area contributed by atoms with E-state index >= 15 is 0 Å². The number of hydrogen-bond acceptors (Lipinski definition) is 3. The second kappa shape index (κ2) is 10.4. The number of amides is 1. The van der Waals surface area contributed by atoms with Gasteiger partial charge in [0.25, 0.3) is 0 Å². The number of aromatic carboxylic acids is 1. The standard InChI is InChI=1S/C22H27NO4/c1-2-3-4-5-6-7-15-27-17-13-11-16(12-14-17)18-9-8-10-19(22(25)26)20(18)21(23)24/h8-14H,2-7,15H2,1H3,(H2,23,24)(H,25,26). The highest BCUT2D eigenvalue weighted by Gasteiger charge is 2.19. The van der Waals surface area contributed by atoms with Crippen molar-refractivity contribution in [3.8, 4) is 16.9 Å². The molecule has 0 atom stereocenters. The molecule has 0 fully saturated rings. The lowest BCUT2D eigenvalue weighted by atomic mass is 9.95. The first-order chi connectivity index (χ1) is 13.0. The van der Waals surface area contributed by atoms with Gasteiger partial charge in [-0.15, -0.1) is 0 Å². The largest absolute Gasteiger partial charge is 0.494 e. The first kappa shape index (κ1) is 20.5. The molecule has 144 valence electrons. The molecule has 0 aliphatic heterocycles. The summed E-state index contributed by atoms with van der Waals surface area (Å²) in [5.41, 5.74) is 6.57. The average Bonchev–Trinajstić information content (AvgIpc) is 2.67. The summed E-state index contributed by atoms with van der Waals surface area (Å²) in [6.45, 7) is 2.88. The summed E-state index contributed by atoms with van der Waals surface area (Å²) in [7, 11) is 0. The highest BCUT2D eigenvalue weighted by atomic mass is 16.5. The predicted molar refractivity (Wildman–Crippen MR) is 106 cm³/mol. The SMILES string of the molecule is CCCCCCCCOc1ccc(-c2cccc(C(=O)O)c2C(N)=O)cc1. The molecule has 0 aromatic heterocycles. The molecule has 2 rings (SSSR count). The Morgan fingerprint density at radius 2 is 1.63 bits per heavy atom. The summed E-state index contributed by atoms with van der Waals surface area (Å²) < 4.78 is 5.76. The van der Waals surface area contributed by atoms with Gasteiger partial charge in [0, 0.05) is 0 Å². The molecule has 0 radical (unpaired) electrons. The number of carbonyl (C=O) groups is 2. The van der Waals surface area contributed by atoms with Crippen LogP contribution in [0.3, 0.4) is 0 Å². The molecule has 2 aromatic carbocycles. The molecule has 0 saturated carbocycles. The summed E-state index contributed by atoms with van der Waals surface area (Å²) in [6, 6.07) is 11.9. The van der Waals surface area contributed by atoms with Crippen LogP contribution in [-0.2, 0) is 0 Å². The number of hydrogen-bond donors (Lipinski definition) is 2. The fourth-order valence-corrected chi connectivity index (χ4v) is 3.04. The van der Waals surface area contributed by atoms with Crippen LogP contribution in [0.4, 0.5) is 0 Å². The van der Waals surface area contributed by atoms with E-state index in [1.807, 2.05) is 24.3 Å². The topological polar surface area (TPSA) is 89.6 Å². The van der Waals surface area contributed by atoms with Gasteiger partial charge in [0.15, 0.2) is 0 Å². The quantitative estimate of drug-likeness (QED) is 0.552. The number of ether oxygens (including phenoxy) is 1. The van der Waals surface area contributed by atoms with E-state index in [4.69, 9.17) is 10.5 Å².